The van der Waals surface area contributed by atoms with Gasteiger partial charge >= 0.3 is 6.36 Å². The molecule has 114 valence electrons. The number of halogens is 3. The molecule has 2 aromatic rings. The van der Waals surface area contributed by atoms with Crippen molar-refractivity contribution in [2.45, 2.75) is 12.9 Å². The number of ether oxygens (including phenoxy) is 1. The van der Waals surface area contributed by atoms with E-state index in [1.807, 2.05) is 12.1 Å². The number of anilines is 2. The number of hydrazone groups is 1. The van der Waals surface area contributed by atoms with E-state index in [9.17, 15) is 13.2 Å². The van der Waals surface area contributed by atoms with Gasteiger partial charge in [-0.1, -0.05) is 18.2 Å². The van der Waals surface area contributed by atoms with E-state index in [-0.39, 0.29) is 5.75 Å². The highest BCUT2D eigenvalue weighted by Gasteiger charge is 2.31. The summed E-state index contributed by atoms with van der Waals surface area (Å²) in [7, 11) is 0. The summed E-state index contributed by atoms with van der Waals surface area (Å²) in [5, 5.41) is 5.81. The molecule has 0 aromatic heterocycles. The number of hydrogen-bond acceptors (Lipinski definition) is 4. The van der Waals surface area contributed by atoms with E-state index in [0.29, 0.717) is 17.9 Å². The van der Waals surface area contributed by atoms with Crippen LogP contribution in [0.3, 0.4) is 0 Å². The number of benzene rings is 2. The van der Waals surface area contributed by atoms with Gasteiger partial charge in [0.15, 0.2) is 0 Å². The van der Waals surface area contributed by atoms with Crippen molar-refractivity contribution < 1.29 is 17.9 Å². The molecule has 0 fully saturated rings. The molecular formula is C15H12F3N3O. The van der Waals surface area contributed by atoms with Crippen molar-refractivity contribution in [2.75, 3.05) is 10.7 Å². The van der Waals surface area contributed by atoms with Gasteiger partial charge in [0.2, 0.25) is 0 Å². The van der Waals surface area contributed by atoms with Gasteiger partial charge < -0.3 is 10.5 Å². The molecule has 2 aromatic carbocycles. The summed E-state index contributed by atoms with van der Waals surface area (Å²) in [5.41, 5.74) is 8.84. The van der Waals surface area contributed by atoms with E-state index >= 15 is 0 Å². The molecule has 0 spiro atoms. The smallest absolute Gasteiger partial charge is 0.406 e. The van der Waals surface area contributed by atoms with E-state index in [4.69, 9.17) is 5.73 Å². The molecule has 0 saturated heterocycles. The zero-order valence-electron chi connectivity index (χ0n) is 11.3. The van der Waals surface area contributed by atoms with Gasteiger partial charge in [0, 0.05) is 22.9 Å². The van der Waals surface area contributed by atoms with E-state index in [2.05, 4.69) is 9.84 Å². The van der Waals surface area contributed by atoms with Gasteiger partial charge in [0.1, 0.15) is 5.75 Å². The minimum absolute atomic E-state index is 0.285. The van der Waals surface area contributed by atoms with Crippen LogP contribution in [-0.4, -0.2) is 12.6 Å². The highest BCUT2D eigenvalue weighted by molar-refractivity contribution is 5.86. The second-order valence-electron chi connectivity index (χ2n) is 4.76. The summed E-state index contributed by atoms with van der Waals surface area (Å²) < 4.78 is 40.8. The fourth-order valence-electron chi connectivity index (χ4n) is 2.25. The third kappa shape index (κ3) is 2.98. The standard InChI is InChI=1S/C15H12F3N3O/c16-15(17,18)22-12-5-2-4-11(7-12)21-9-13-10(8-20-21)3-1-6-14(13)19/h1-8H,9,19H2. The molecule has 2 N–H and O–H groups in total. The van der Waals surface area contributed by atoms with Crippen LogP contribution in [0.2, 0.25) is 0 Å². The average molecular weight is 307 g/mol. The molecule has 0 radical (unpaired) electrons. The summed E-state index contributed by atoms with van der Waals surface area (Å²) in [6.45, 7) is 0.383. The first kappa shape index (κ1) is 14.2. The van der Waals surface area contributed by atoms with Crippen molar-refractivity contribution in [3.63, 3.8) is 0 Å². The van der Waals surface area contributed by atoms with Crippen molar-refractivity contribution in [2.24, 2.45) is 5.10 Å². The van der Waals surface area contributed by atoms with Crippen molar-refractivity contribution in [1.29, 1.82) is 0 Å². The van der Waals surface area contributed by atoms with Crippen LogP contribution in [0.1, 0.15) is 11.1 Å². The van der Waals surface area contributed by atoms with E-state index in [0.717, 1.165) is 11.1 Å². The van der Waals surface area contributed by atoms with Crippen LogP contribution in [-0.2, 0) is 6.54 Å². The van der Waals surface area contributed by atoms with Crippen LogP contribution >= 0.6 is 0 Å². The van der Waals surface area contributed by atoms with Crippen LogP contribution < -0.4 is 15.5 Å². The first-order valence-corrected chi connectivity index (χ1v) is 6.47. The quantitative estimate of drug-likeness (QED) is 0.864. The largest absolute Gasteiger partial charge is 0.573 e. The number of nitrogens with two attached hydrogens (primary N) is 1. The zero-order chi connectivity index (χ0) is 15.7. The molecule has 1 aliphatic heterocycles. The normalized spacial score (nSPS) is 13.9. The Morgan fingerprint density at radius 1 is 1.14 bits per heavy atom. The topological polar surface area (TPSA) is 50.8 Å². The highest BCUT2D eigenvalue weighted by atomic mass is 19.4. The zero-order valence-corrected chi connectivity index (χ0v) is 11.3. The van der Waals surface area contributed by atoms with Crippen LogP contribution in [0.25, 0.3) is 0 Å². The molecule has 0 atom stereocenters. The Morgan fingerprint density at radius 2 is 1.91 bits per heavy atom. The van der Waals surface area contributed by atoms with Gasteiger partial charge in [-0.05, 0) is 18.2 Å². The SMILES string of the molecule is Nc1cccc2c1CN(c1cccc(OC(F)(F)F)c1)N=C2. The van der Waals surface area contributed by atoms with Crippen LogP contribution in [0.5, 0.6) is 5.75 Å². The molecular weight excluding hydrogens is 295 g/mol. The Labute approximate surface area is 124 Å². The first-order valence-electron chi connectivity index (χ1n) is 6.47. The predicted octanol–water partition coefficient (Wildman–Crippen LogP) is 3.52. The number of alkyl halides is 3. The van der Waals surface area contributed by atoms with Crippen molar-refractivity contribution in [1.82, 2.24) is 0 Å². The molecule has 0 aliphatic carbocycles. The molecule has 0 saturated carbocycles. The Morgan fingerprint density at radius 3 is 2.68 bits per heavy atom. The summed E-state index contributed by atoms with van der Waals surface area (Å²) in [5.74, 6) is -0.285. The summed E-state index contributed by atoms with van der Waals surface area (Å²) in [6, 6.07) is 11.2. The molecule has 1 heterocycles. The molecule has 22 heavy (non-hydrogen) atoms. The maximum absolute atomic E-state index is 12.3. The lowest BCUT2D eigenvalue weighted by Crippen LogP contribution is -2.22. The predicted molar refractivity (Wildman–Crippen MR) is 77.8 cm³/mol. The number of fused-ring (bicyclic) bond motifs is 1. The lowest BCUT2D eigenvalue weighted by atomic mass is 10.0. The monoisotopic (exact) mass is 307 g/mol. The second-order valence-corrected chi connectivity index (χ2v) is 4.76. The Kier molecular flexibility index (Phi) is 3.40. The third-order valence-electron chi connectivity index (χ3n) is 3.24. The van der Waals surface area contributed by atoms with Crippen molar-refractivity contribution in [3.05, 3.63) is 53.6 Å². The number of rotatable bonds is 2. The summed E-state index contributed by atoms with van der Waals surface area (Å²) in [4.78, 5) is 0. The molecule has 7 heteroatoms. The Hall–Kier alpha value is -2.70. The number of hydrogen-bond donors (Lipinski definition) is 1. The minimum Gasteiger partial charge on any atom is -0.406 e. The van der Waals surface area contributed by atoms with E-state index < -0.39 is 6.36 Å². The minimum atomic E-state index is -4.72. The first-order chi connectivity index (χ1) is 10.4. The van der Waals surface area contributed by atoms with Crippen molar-refractivity contribution >= 4 is 17.6 Å². The van der Waals surface area contributed by atoms with Gasteiger partial charge in [0.25, 0.3) is 0 Å². The lowest BCUT2D eigenvalue weighted by Gasteiger charge is -2.25. The second kappa shape index (κ2) is 5.25. The Bertz CT molecular complexity index is 728. The fraction of sp³-hybridized carbons (Fsp3) is 0.133. The molecule has 1 aliphatic rings. The van der Waals surface area contributed by atoms with Gasteiger partial charge in [-0.15, -0.1) is 13.2 Å². The number of nitrogens with zero attached hydrogens (tertiary/aromatic N) is 2. The molecule has 3 rings (SSSR count). The lowest BCUT2D eigenvalue weighted by molar-refractivity contribution is -0.274. The number of nitrogen functional groups attached to an aromatic ring is 1. The van der Waals surface area contributed by atoms with Crippen LogP contribution in [0.15, 0.2) is 47.6 Å². The highest BCUT2D eigenvalue weighted by Crippen LogP contribution is 2.30. The fourth-order valence-corrected chi connectivity index (χ4v) is 2.25. The maximum Gasteiger partial charge on any atom is 0.573 e. The van der Waals surface area contributed by atoms with Gasteiger partial charge in [-0.3, -0.25) is 5.01 Å². The van der Waals surface area contributed by atoms with Crippen molar-refractivity contribution in [3.8, 4) is 5.75 Å². The Balaban J connectivity index is 1.87. The van der Waals surface area contributed by atoms with E-state index in [1.54, 1.807) is 23.4 Å². The van der Waals surface area contributed by atoms with Crippen LogP contribution in [0, 0.1) is 0 Å². The van der Waals surface area contributed by atoms with Crippen LogP contribution in [0.4, 0.5) is 24.5 Å². The van der Waals surface area contributed by atoms with E-state index in [1.165, 1.54) is 18.2 Å². The maximum atomic E-state index is 12.3. The molecule has 0 unspecified atom stereocenters. The average Bonchev–Trinajstić information content (AvgIpc) is 2.46. The summed E-state index contributed by atoms with van der Waals surface area (Å²) in [6.07, 6.45) is -3.09. The molecule has 0 amide bonds. The van der Waals surface area contributed by atoms with Gasteiger partial charge in [-0.25, -0.2) is 0 Å². The third-order valence-corrected chi connectivity index (χ3v) is 3.24. The summed E-state index contributed by atoms with van der Waals surface area (Å²) >= 11 is 0. The molecule has 0 bridgehead atoms. The van der Waals surface area contributed by atoms with Gasteiger partial charge in [-0.2, -0.15) is 5.10 Å². The van der Waals surface area contributed by atoms with Gasteiger partial charge in [0.05, 0.1) is 18.4 Å². The molecule has 4 nitrogen and oxygen atoms in total.